The summed E-state index contributed by atoms with van der Waals surface area (Å²) >= 11 is 0. The van der Waals surface area contributed by atoms with E-state index < -0.39 is 0 Å². The summed E-state index contributed by atoms with van der Waals surface area (Å²) in [5.41, 5.74) is 0. The van der Waals surface area contributed by atoms with Crippen molar-refractivity contribution in [3.05, 3.63) is 0 Å². The molecule has 1 N–H and O–H groups in total. The molecule has 0 aromatic rings. The summed E-state index contributed by atoms with van der Waals surface area (Å²) in [4.78, 5) is 2.43. The van der Waals surface area contributed by atoms with Crippen LogP contribution in [0.15, 0.2) is 0 Å². The Balaban J connectivity index is 1.92. The van der Waals surface area contributed by atoms with Crippen molar-refractivity contribution in [1.29, 1.82) is 0 Å². The molecule has 0 radical (unpaired) electrons. The van der Waals surface area contributed by atoms with Crippen LogP contribution in [-0.4, -0.2) is 38.7 Å². The summed E-state index contributed by atoms with van der Waals surface area (Å²) in [6.45, 7) is 2.04. The maximum atomic E-state index is 3.60. The molecule has 16 heavy (non-hydrogen) atoms. The summed E-state index contributed by atoms with van der Waals surface area (Å²) in [5.74, 6) is 1.90. The number of nitrogens with one attached hydrogen (secondary N) is 1. The van der Waals surface area contributed by atoms with Gasteiger partial charge in [0.15, 0.2) is 0 Å². The van der Waals surface area contributed by atoms with Crippen molar-refractivity contribution in [2.45, 2.75) is 50.8 Å². The quantitative estimate of drug-likeness (QED) is 0.722. The molecule has 2 rings (SSSR count). The van der Waals surface area contributed by atoms with Gasteiger partial charge in [0, 0.05) is 0 Å². The summed E-state index contributed by atoms with van der Waals surface area (Å²) in [6.07, 6.45) is 11.5. The lowest BCUT2D eigenvalue weighted by Gasteiger charge is -2.30. The van der Waals surface area contributed by atoms with Crippen molar-refractivity contribution < 1.29 is 0 Å². The first-order valence-electron chi connectivity index (χ1n) is 7.16. The van der Waals surface area contributed by atoms with Gasteiger partial charge >= 0.3 is 0 Å². The van der Waals surface area contributed by atoms with Gasteiger partial charge in [0.25, 0.3) is 0 Å². The van der Waals surface area contributed by atoms with Gasteiger partial charge in [-0.15, -0.1) is 0 Å². The molecule has 2 nitrogen and oxygen atoms in total. The molecule has 1 aliphatic heterocycles. The van der Waals surface area contributed by atoms with Crippen molar-refractivity contribution >= 4 is 6.85 Å². The molecule has 0 aromatic heterocycles. The fraction of sp³-hybridized carbons (Fsp3) is 1.00. The number of rotatable bonds is 2. The first kappa shape index (κ1) is 12.4. The first-order valence-corrected chi connectivity index (χ1v) is 7.16. The van der Waals surface area contributed by atoms with E-state index in [1.54, 1.807) is 0 Å². The SMILES string of the molecule is CN(C)B1CNCC1C1CCCCCCC1. The highest BCUT2D eigenvalue weighted by atomic mass is 15.0. The molecule has 2 aliphatic rings. The zero-order valence-corrected chi connectivity index (χ0v) is 11.0. The average molecular weight is 222 g/mol. The van der Waals surface area contributed by atoms with Gasteiger partial charge in [-0.05, 0) is 38.8 Å². The van der Waals surface area contributed by atoms with E-state index >= 15 is 0 Å². The van der Waals surface area contributed by atoms with Crippen molar-refractivity contribution in [3.63, 3.8) is 0 Å². The molecule has 3 heteroatoms. The maximum absolute atomic E-state index is 3.60. The van der Waals surface area contributed by atoms with Gasteiger partial charge in [-0.1, -0.05) is 44.9 Å². The fourth-order valence-corrected chi connectivity index (χ4v) is 3.65. The fourth-order valence-electron chi connectivity index (χ4n) is 3.65. The molecule has 0 aromatic carbocycles. The van der Waals surface area contributed by atoms with Crippen LogP contribution < -0.4 is 5.32 Å². The minimum Gasteiger partial charge on any atom is -0.346 e. The third-order valence-electron chi connectivity index (χ3n) is 4.65. The lowest BCUT2D eigenvalue weighted by molar-refractivity contribution is 0.354. The first-order chi connectivity index (χ1) is 7.79. The molecular weight excluding hydrogens is 195 g/mol. The molecular formula is C13H27BN2. The van der Waals surface area contributed by atoms with E-state index in [1.165, 1.54) is 57.9 Å². The van der Waals surface area contributed by atoms with Crippen LogP contribution in [0.25, 0.3) is 0 Å². The summed E-state index contributed by atoms with van der Waals surface area (Å²) in [5, 5.41) is 3.60. The van der Waals surface area contributed by atoms with E-state index in [4.69, 9.17) is 0 Å². The molecule has 1 unspecified atom stereocenters. The predicted octanol–water partition coefficient (Wildman–Crippen LogP) is 2.41. The van der Waals surface area contributed by atoms with Crippen LogP contribution in [0.4, 0.5) is 0 Å². The van der Waals surface area contributed by atoms with Gasteiger partial charge in [-0.25, -0.2) is 0 Å². The number of nitrogens with zero attached hydrogens (tertiary/aromatic N) is 1. The second kappa shape index (κ2) is 6.06. The molecule has 0 amide bonds. The van der Waals surface area contributed by atoms with Gasteiger partial charge in [0.2, 0.25) is 6.85 Å². The molecule has 0 spiro atoms. The Labute approximate surface area is 101 Å². The highest BCUT2D eigenvalue weighted by Crippen LogP contribution is 2.35. The Hall–Kier alpha value is -0.0151. The van der Waals surface area contributed by atoms with Crippen molar-refractivity contribution in [1.82, 2.24) is 10.1 Å². The van der Waals surface area contributed by atoms with E-state index in [0.717, 1.165) is 18.6 Å². The number of hydrogen-bond acceptors (Lipinski definition) is 2. The molecule has 1 aliphatic carbocycles. The summed E-state index contributed by atoms with van der Waals surface area (Å²) in [7, 11) is 4.49. The smallest absolute Gasteiger partial charge is 0.241 e. The van der Waals surface area contributed by atoms with Crippen LogP contribution in [0.1, 0.15) is 44.9 Å². The largest absolute Gasteiger partial charge is 0.346 e. The Bertz CT molecular complexity index is 200. The second-order valence-corrected chi connectivity index (χ2v) is 5.96. The topological polar surface area (TPSA) is 15.3 Å². The summed E-state index contributed by atoms with van der Waals surface area (Å²) in [6, 6.07) is 0. The molecule has 92 valence electrons. The van der Waals surface area contributed by atoms with Crippen LogP contribution >= 0.6 is 0 Å². The van der Waals surface area contributed by atoms with Crippen LogP contribution in [0.2, 0.25) is 5.82 Å². The normalized spacial score (nSPS) is 29.4. The molecule has 0 bridgehead atoms. The lowest BCUT2D eigenvalue weighted by atomic mass is 9.48. The Kier molecular flexibility index (Phi) is 4.72. The maximum Gasteiger partial charge on any atom is 0.241 e. The van der Waals surface area contributed by atoms with Crippen molar-refractivity contribution in [2.24, 2.45) is 5.92 Å². The van der Waals surface area contributed by atoms with Crippen LogP contribution in [0.3, 0.4) is 0 Å². The monoisotopic (exact) mass is 222 g/mol. The standard InChI is InChI=1S/C13H27BN2/c1-16(2)14-11-15-10-13(14)12-8-6-4-3-5-7-9-12/h12-13,15H,3-11H2,1-2H3. The van der Waals surface area contributed by atoms with Crippen molar-refractivity contribution in [2.75, 3.05) is 27.1 Å². The average Bonchev–Trinajstić information content (AvgIpc) is 2.65. The third-order valence-corrected chi connectivity index (χ3v) is 4.65. The predicted molar refractivity (Wildman–Crippen MR) is 71.9 cm³/mol. The lowest BCUT2D eigenvalue weighted by Crippen LogP contribution is -2.40. The van der Waals surface area contributed by atoms with Crippen LogP contribution in [-0.2, 0) is 0 Å². The van der Waals surface area contributed by atoms with Crippen LogP contribution in [0, 0.1) is 5.92 Å². The van der Waals surface area contributed by atoms with Gasteiger partial charge in [0.1, 0.15) is 0 Å². The second-order valence-electron chi connectivity index (χ2n) is 5.96. The Morgan fingerprint density at radius 1 is 1.00 bits per heavy atom. The number of hydrogen-bond donors (Lipinski definition) is 1. The molecule has 1 saturated carbocycles. The van der Waals surface area contributed by atoms with Gasteiger partial charge in [-0.2, -0.15) is 0 Å². The van der Waals surface area contributed by atoms with E-state index in [1.807, 2.05) is 0 Å². The molecule has 1 saturated heterocycles. The molecule has 1 atom stereocenters. The minimum absolute atomic E-state index is 0.782. The molecule has 2 fully saturated rings. The Morgan fingerprint density at radius 2 is 1.62 bits per heavy atom. The van der Waals surface area contributed by atoms with E-state index in [-0.39, 0.29) is 0 Å². The van der Waals surface area contributed by atoms with Gasteiger partial charge in [-0.3, -0.25) is 0 Å². The van der Waals surface area contributed by atoms with E-state index in [9.17, 15) is 0 Å². The third kappa shape index (κ3) is 3.01. The zero-order chi connectivity index (χ0) is 11.4. The highest BCUT2D eigenvalue weighted by Gasteiger charge is 2.37. The Morgan fingerprint density at radius 3 is 2.25 bits per heavy atom. The van der Waals surface area contributed by atoms with Gasteiger partial charge in [0.05, 0.1) is 0 Å². The van der Waals surface area contributed by atoms with E-state index in [2.05, 4.69) is 24.2 Å². The minimum atomic E-state index is 0.782. The zero-order valence-electron chi connectivity index (χ0n) is 11.0. The van der Waals surface area contributed by atoms with Gasteiger partial charge < -0.3 is 10.1 Å². The molecule has 1 heterocycles. The van der Waals surface area contributed by atoms with Crippen LogP contribution in [0.5, 0.6) is 0 Å². The van der Waals surface area contributed by atoms with Crippen molar-refractivity contribution in [3.8, 4) is 0 Å². The van der Waals surface area contributed by atoms with E-state index in [0.29, 0.717) is 0 Å². The highest BCUT2D eigenvalue weighted by molar-refractivity contribution is 6.58. The summed E-state index contributed by atoms with van der Waals surface area (Å²) < 4.78 is 0.